The Bertz CT molecular complexity index is 613. The van der Waals surface area contributed by atoms with Crippen LogP contribution in [-0.4, -0.2) is 13.2 Å². The predicted octanol–water partition coefficient (Wildman–Crippen LogP) is 8.54. The lowest BCUT2D eigenvalue weighted by Crippen LogP contribution is -2.06. The Kier molecular flexibility index (Phi) is 11.4. The van der Waals surface area contributed by atoms with Crippen molar-refractivity contribution in [2.75, 3.05) is 13.2 Å². The first-order valence-electron chi connectivity index (χ1n) is 12.2. The Hall–Kier alpha value is -1.96. The van der Waals surface area contributed by atoms with E-state index in [1.807, 2.05) is 0 Å². The molecule has 2 unspecified atom stereocenters. The molecule has 2 rings (SSSR count). The number of ether oxygens (including phenoxy) is 2. The average Bonchev–Trinajstić information content (AvgIpc) is 2.79. The van der Waals surface area contributed by atoms with Crippen molar-refractivity contribution in [2.45, 2.75) is 79.1 Å². The summed E-state index contributed by atoms with van der Waals surface area (Å²) >= 11 is 0. The maximum atomic E-state index is 5.96. The van der Waals surface area contributed by atoms with Crippen LogP contribution in [0.1, 0.15) is 79.1 Å². The first kappa shape index (κ1) is 24.3. The van der Waals surface area contributed by atoms with Crippen LogP contribution in [0.5, 0.6) is 11.5 Å². The molecule has 2 aromatic rings. The van der Waals surface area contributed by atoms with Gasteiger partial charge in [0.2, 0.25) is 0 Å². The minimum absolute atomic E-state index is 0.787. The van der Waals surface area contributed by atoms with E-state index in [1.54, 1.807) is 0 Å². The van der Waals surface area contributed by atoms with E-state index in [1.165, 1.54) is 49.7 Å². The van der Waals surface area contributed by atoms with Crippen LogP contribution < -0.4 is 9.47 Å². The van der Waals surface area contributed by atoms with Gasteiger partial charge in [0.05, 0.1) is 13.2 Å². The van der Waals surface area contributed by atoms with E-state index in [0.717, 1.165) is 49.4 Å². The van der Waals surface area contributed by atoms with Crippen molar-refractivity contribution in [3.63, 3.8) is 0 Å². The van der Waals surface area contributed by atoms with Gasteiger partial charge in [-0.15, -0.1) is 0 Å². The molecule has 0 aliphatic heterocycles. The zero-order chi connectivity index (χ0) is 21.6. The third-order valence-corrected chi connectivity index (χ3v) is 6.18. The Balaban J connectivity index is 1.80. The van der Waals surface area contributed by atoms with E-state index in [9.17, 15) is 0 Å². The molecule has 0 heterocycles. The molecule has 0 amide bonds. The fourth-order valence-electron chi connectivity index (χ4n) is 4.10. The molecule has 0 bridgehead atoms. The summed E-state index contributed by atoms with van der Waals surface area (Å²) < 4.78 is 11.9. The van der Waals surface area contributed by atoms with Crippen molar-refractivity contribution in [3.05, 3.63) is 48.5 Å². The monoisotopic (exact) mass is 410 g/mol. The SMILES string of the molecule is CCCC(CC)CCOc1ccc(-c2ccc(OCCC(CC)CCC)cc2)cc1. The molecule has 2 heteroatoms. The highest BCUT2D eigenvalue weighted by molar-refractivity contribution is 5.64. The number of hydrogen-bond acceptors (Lipinski definition) is 2. The summed E-state index contributed by atoms with van der Waals surface area (Å²) in [5, 5.41) is 0. The second-order valence-corrected chi connectivity index (χ2v) is 8.45. The van der Waals surface area contributed by atoms with Crippen molar-refractivity contribution in [2.24, 2.45) is 11.8 Å². The van der Waals surface area contributed by atoms with Crippen LogP contribution in [0.3, 0.4) is 0 Å². The van der Waals surface area contributed by atoms with Gasteiger partial charge in [-0.05, 0) is 60.1 Å². The fraction of sp³-hybridized carbons (Fsp3) is 0.571. The van der Waals surface area contributed by atoms with Crippen LogP contribution in [0.15, 0.2) is 48.5 Å². The summed E-state index contributed by atoms with van der Waals surface area (Å²) in [5.74, 6) is 3.49. The molecule has 2 atom stereocenters. The summed E-state index contributed by atoms with van der Waals surface area (Å²) in [6.45, 7) is 10.7. The molecule has 0 N–H and O–H groups in total. The lowest BCUT2D eigenvalue weighted by Gasteiger charge is -2.15. The van der Waals surface area contributed by atoms with Gasteiger partial charge in [0, 0.05) is 0 Å². The van der Waals surface area contributed by atoms with Crippen LogP contribution in [0, 0.1) is 11.8 Å². The van der Waals surface area contributed by atoms with Crippen molar-refractivity contribution < 1.29 is 9.47 Å². The molecule has 0 aromatic heterocycles. The molecule has 0 fully saturated rings. The number of benzene rings is 2. The standard InChI is InChI=1S/C28H42O2/c1-5-9-23(7-3)19-21-29-27-15-11-25(12-16-27)26-13-17-28(18-14-26)30-22-20-24(8-4)10-6-2/h11-18,23-24H,5-10,19-22H2,1-4H3. The topological polar surface area (TPSA) is 18.5 Å². The normalized spacial score (nSPS) is 13.1. The quantitative estimate of drug-likeness (QED) is 0.293. The van der Waals surface area contributed by atoms with Gasteiger partial charge in [0.25, 0.3) is 0 Å². The maximum absolute atomic E-state index is 5.96. The van der Waals surface area contributed by atoms with Crippen LogP contribution >= 0.6 is 0 Å². The molecule has 0 aliphatic carbocycles. The Morgan fingerprint density at radius 3 is 1.20 bits per heavy atom. The van der Waals surface area contributed by atoms with Crippen molar-refractivity contribution in [1.29, 1.82) is 0 Å². The van der Waals surface area contributed by atoms with Gasteiger partial charge < -0.3 is 9.47 Å². The molecule has 0 aliphatic rings. The molecule has 2 aromatic carbocycles. The molecule has 30 heavy (non-hydrogen) atoms. The predicted molar refractivity (Wildman–Crippen MR) is 129 cm³/mol. The van der Waals surface area contributed by atoms with Gasteiger partial charge >= 0.3 is 0 Å². The zero-order valence-corrected chi connectivity index (χ0v) is 19.7. The van der Waals surface area contributed by atoms with Gasteiger partial charge in [0.1, 0.15) is 11.5 Å². The zero-order valence-electron chi connectivity index (χ0n) is 19.7. The number of rotatable bonds is 15. The fourth-order valence-corrected chi connectivity index (χ4v) is 4.10. The summed E-state index contributed by atoms with van der Waals surface area (Å²) in [7, 11) is 0. The van der Waals surface area contributed by atoms with Crippen LogP contribution in [0.25, 0.3) is 11.1 Å². The highest BCUT2D eigenvalue weighted by Gasteiger charge is 2.07. The number of hydrogen-bond donors (Lipinski definition) is 0. The highest BCUT2D eigenvalue weighted by Crippen LogP contribution is 2.25. The second-order valence-electron chi connectivity index (χ2n) is 8.45. The van der Waals surface area contributed by atoms with Gasteiger partial charge in [-0.2, -0.15) is 0 Å². The first-order valence-corrected chi connectivity index (χ1v) is 12.2. The minimum atomic E-state index is 0.787. The second kappa shape index (κ2) is 14.1. The van der Waals surface area contributed by atoms with Crippen LogP contribution in [0.2, 0.25) is 0 Å². The Morgan fingerprint density at radius 2 is 0.900 bits per heavy atom. The largest absolute Gasteiger partial charge is 0.494 e. The molecule has 2 nitrogen and oxygen atoms in total. The van der Waals surface area contributed by atoms with E-state index >= 15 is 0 Å². The summed E-state index contributed by atoms with van der Waals surface area (Å²) in [5.41, 5.74) is 2.42. The van der Waals surface area contributed by atoms with Gasteiger partial charge in [0.15, 0.2) is 0 Å². The summed E-state index contributed by atoms with van der Waals surface area (Å²) in [6, 6.07) is 16.9. The van der Waals surface area contributed by atoms with Crippen molar-refractivity contribution in [1.82, 2.24) is 0 Å². The van der Waals surface area contributed by atoms with Gasteiger partial charge in [-0.25, -0.2) is 0 Å². The lowest BCUT2D eigenvalue weighted by atomic mass is 9.98. The maximum Gasteiger partial charge on any atom is 0.119 e. The van der Waals surface area contributed by atoms with Gasteiger partial charge in [-0.1, -0.05) is 90.5 Å². The molecule has 0 saturated carbocycles. The first-order chi connectivity index (χ1) is 14.7. The molecular weight excluding hydrogens is 368 g/mol. The Morgan fingerprint density at radius 1 is 0.533 bits per heavy atom. The molecule has 0 saturated heterocycles. The van der Waals surface area contributed by atoms with Gasteiger partial charge in [-0.3, -0.25) is 0 Å². The van der Waals surface area contributed by atoms with Crippen LogP contribution in [-0.2, 0) is 0 Å². The van der Waals surface area contributed by atoms with E-state index < -0.39 is 0 Å². The lowest BCUT2D eigenvalue weighted by molar-refractivity contribution is 0.268. The molecule has 0 spiro atoms. The minimum Gasteiger partial charge on any atom is -0.494 e. The molecule has 0 radical (unpaired) electrons. The van der Waals surface area contributed by atoms with Crippen molar-refractivity contribution in [3.8, 4) is 22.6 Å². The van der Waals surface area contributed by atoms with E-state index in [2.05, 4.69) is 76.2 Å². The molecule has 166 valence electrons. The summed E-state index contributed by atoms with van der Waals surface area (Å²) in [4.78, 5) is 0. The third kappa shape index (κ3) is 8.42. The van der Waals surface area contributed by atoms with E-state index in [-0.39, 0.29) is 0 Å². The third-order valence-electron chi connectivity index (χ3n) is 6.18. The Labute approximate surface area is 185 Å². The van der Waals surface area contributed by atoms with Crippen molar-refractivity contribution >= 4 is 0 Å². The molecular formula is C28H42O2. The summed E-state index contributed by atoms with van der Waals surface area (Å²) in [6.07, 6.45) is 9.90. The van der Waals surface area contributed by atoms with E-state index in [4.69, 9.17) is 9.47 Å². The van der Waals surface area contributed by atoms with Crippen LogP contribution in [0.4, 0.5) is 0 Å². The highest BCUT2D eigenvalue weighted by atomic mass is 16.5. The smallest absolute Gasteiger partial charge is 0.119 e. The average molecular weight is 411 g/mol. The van der Waals surface area contributed by atoms with E-state index in [0.29, 0.717) is 0 Å².